The van der Waals surface area contributed by atoms with E-state index in [1.54, 1.807) is 16.7 Å². The molecule has 0 saturated carbocycles. The predicted molar refractivity (Wildman–Crippen MR) is 70.4 cm³/mol. The molecular formula is C12H13N3O4S. The minimum absolute atomic E-state index is 0.0286. The zero-order valence-electron chi connectivity index (χ0n) is 10.6. The Morgan fingerprint density at radius 3 is 2.90 bits per heavy atom. The van der Waals surface area contributed by atoms with Crippen molar-refractivity contribution in [1.82, 2.24) is 14.6 Å². The molecule has 2 aromatic rings. The summed E-state index contributed by atoms with van der Waals surface area (Å²) >= 11 is 0. The minimum atomic E-state index is -2.93. The van der Waals surface area contributed by atoms with E-state index in [1.807, 2.05) is 0 Å². The fourth-order valence-electron chi connectivity index (χ4n) is 2.56. The molecule has 2 aromatic heterocycles. The Morgan fingerprint density at radius 2 is 2.25 bits per heavy atom. The molecule has 3 rings (SSSR count). The van der Waals surface area contributed by atoms with Crippen molar-refractivity contribution in [2.24, 2.45) is 5.92 Å². The Balaban J connectivity index is 1.94. The van der Waals surface area contributed by atoms with Crippen molar-refractivity contribution < 1.29 is 18.3 Å². The van der Waals surface area contributed by atoms with Crippen LogP contribution in [0, 0.1) is 5.92 Å². The second-order valence-electron chi connectivity index (χ2n) is 5.01. The van der Waals surface area contributed by atoms with Crippen molar-refractivity contribution in [3.05, 3.63) is 29.7 Å². The third-order valence-electron chi connectivity index (χ3n) is 3.53. The van der Waals surface area contributed by atoms with Gasteiger partial charge in [-0.05, 0) is 24.5 Å². The van der Waals surface area contributed by atoms with E-state index in [1.165, 1.54) is 6.07 Å². The Bertz CT molecular complexity index is 781. The van der Waals surface area contributed by atoms with Gasteiger partial charge in [-0.3, -0.25) is 4.40 Å². The molecule has 1 fully saturated rings. The molecule has 1 aliphatic rings. The highest BCUT2D eigenvalue weighted by molar-refractivity contribution is 7.91. The number of hydrogen-bond donors (Lipinski definition) is 1. The van der Waals surface area contributed by atoms with Crippen molar-refractivity contribution in [3.63, 3.8) is 0 Å². The summed E-state index contributed by atoms with van der Waals surface area (Å²) in [6, 6.07) is 3.09. The van der Waals surface area contributed by atoms with Crippen molar-refractivity contribution in [2.75, 3.05) is 11.5 Å². The number of aromatic nitrogens is 3. The van der Waals surface area contributed by atoms with Crippen LogP contribution in [0.25, 0.3) is 5.65 Å². The Labute approximate surface area is 115 Å². The van der Waals surface area contributed by atoms with Crippen LogP contribution in [0.3, 0.4) is 0 Å². The van der Waals surface area contributed by atoms with Crippen molar-refractivity contribution in [2.45, 2.75) is 12.8 Å². The first-order valence-corrected chi connectivity index (χ1v) is 8.05. The van der Waals surface area contributed by atoms with Gasteiger partial charge in [0.2, 0.25) is 0 Å². The molecule has 1 N–H and O–H groups in total. The summed E-state index contributed by atoms with van der Waals surface area (Å²) < 4.78 is 24.5. The van der Waals surface area contributed by atoms with Gasteiger partial charge in [0.25, 0.3) is 0 Å². The summed E-state index contributed by atoms with van der Waals surface area (Å²) in [5.41, 5.74) is 0.376. The van der Waals surface area contributed by atoms with Gasteiger partial charge in [-0.25, -0.2) is 13.2 Å². The van der Waals surface area contributed by atoms with E-state index < -0.39 is 15.8 Å². The summed E-state index contributed by atoms with van der Waals surface area (Å²) in [7, 11) is -2.93. The zero-order valence-corrected chi connectivity index (χ0v) is 11.4. The SMILES string of the molecule is O=C(O)c1cccn2c(CC3CCS(=O)(=O)C3)nnc12. The minimum Gasteiger partial charge on any atom is -0.478 e. The topological polar surface area (TPSA) is 102 Å². The van der Waals surface area contributed by atoms with Crippen LogP contribution in [0.5, 0.6) is 0 Å². The number of fused-ring (bicyclic) bond motifs is 1. The first-order chi connectivity index (χ1) is 9.46. The third kappa shape index (κ3) is 2.26. The Kier molecular flexibility index (Phi) is 2.97. The number of nitrogens with zero attached hydrogens (tertiary/aromatic N) is 3. The molecule has 1 atom stereocenters. The summed E-state index contributed by atoms with van der Waals surface area (Å²) in [4.78, 5) is 11.1. The van der Waals surface area contributed by atoms with Crippen LogP contribution < -0.4 is 0 Å². The molecule has 8 heteroatoms. The molecule has 0 aromatic carbocycles. The van der Waals surface area contributed by atoms with Crippen LogP contribution in [0.1, 0.15) is 22.6 Å². The number of aromatic carboxylic acids is 1. The van der Waals surface area contributed by atoms with E-state index in [2.05, 4.69) is 10.2 Å². The summed E-state index contributed by atoms with van der Waals surface area (Å²) in [6.07, 6.45) is 2.81. The fourth-order valence-corrected chi connectivity index (χ4v) is 4.42. The predicted octanol–water partition coefficient (Wildman–Crippen LogP) is 0.405. The monoisotopic (exact) mass is 295 g/mol. The standard InChI is InChI=1S/C12H13N3O4S/c16-12(17)9-2-1-4-15-10(13-14-11(9)15)6-8-3-5-20(18,19)7-8/h1-2,4,8H,3,5-7H2,(H,16,17). The summed E-state index contributed by atoms with van der Waals surface area (Å²) in [6.45, 7) is 0. The lowest BCUT2D eigenvalue weighted by molar-refractivity contribution is 0.0698. The highest BCUT2D eigenvalue weighted by atomic mass is 32.2. The largest absolute Gasteiger partial charge is 0.478 e. The zero-order chi connectivity index (χ0) is 14.3. The lowest BCUT2D eigenvalue weighted by Gasteiger charge is -2.05. The highest BCUT2D eigenvalue weighted by Crippen LogP contribution is 2.22. The van der Waals surface area contributed by atoms with E-state index >= 15 is 0 Å². The summed E-state index contributed by atoms with van der Waals surface area (Å²) in [5.74, 6) is -0.0425. The molecular weight excluding hydrogens is 282 g/mol. The normalized spacial score (nSPS) is 21.3. The van der Waals surface area contributed by atoms with Crippen LogP contribution in [-0.2, 0) is 16.3 Å². The van der Waals surface area contributed by atoms with Gasteiger partial charge in [0.15, 0.2) is 15.5 Å². The van der Waals surface area contributed by atoms with Gasteiger partial charge in [-0.15, -0.1) is 10.2 Å². The van der Waals surface area contributed by atoms with Crippen LogP contribution in [-0.4, -0.2) is 45.6 Å². The number of pyridine rings is 1. The van der Waals surface area contributed by atoms with Crippen molar-refractivity contribution in [3.8, 4) is 0 Å². The smallest absolute Gasteiger partial charge is 0.339 e. The Hall–Kier alpha value is -1.96. The second kappa shape index (κ2) is 4.55. The second-order valence-corrected chi connectivity index (χ2v) is 7.24. The molecule has 3 heterocycles. The number of carbonyl (C=O) groups is 1. The molecule has 0 spiro atoms. The highest BCUT2D eigenvalue weighted by Gasteiger charge is 2.29. The maximum absolute atomic E-state index is 11.5. The average Bonchev–Trinajstić information content (AvgIpc) is 2.93. The number of carboxylic acid groups (broad SMARTS) is 1. The van der Waals surface area contributed by atoms with Gasteiger partial charge in [-0.2, -0.15) is 0 Å². The average molecular weight is 295 g/mol. The summed E-state index contributed by atoms with van der Waals surface area (Å²) in [5, 5.41) is 17.0. The van der Waals surface area contributed by atoms with E-state index in [0.29, 0.717) is 18.7 Å². The number of rotatable bonds is 3. The lowest BCUT2D eigenvalue weighted by atomic mass is 10.1. The van der Waals surface area contributed by atoms with E-state index in [4.69, 9.17) is 5.11 Å². The lowest BCUT2D eigenvalue weighted by Crippen LogP contribution is -2.10. The van der Waals surface area contributed by atoms with Gasteiger partial charge in [0, 0.05) is 12.6 Å². The van der Waals surface area contributed by atoms with E-state index in [0.717, 1.165) is 0 Å². The molecule has 1 saturated heterocycles. The Morgan fingerprint density at radius 1 is 1.45 bits per heavy atom. The molecule has 1 aliphatic heterocycles. The van der Waals surface area contributed by atoms with Gasteiger partial charge in [0.05, 0.1) is 11.5 Å². The van der Waals surface area contributed by atoms with Crippen LogP contribution in [0.15, 0.2) is 18.3 Å². The quantitative estimate of drug-likeness (QED) is 0.879. The molecule has 0 aliphatic carbocycles. The fraction of sp³-hybridized carbons (Fsp3) is 0.417. The molecule has 7 nitrogen and oxygen atoms in total. The van der Waals surface area contributed by atoms with E-state index in [9.17, 15) is 13.2 Å². The molecule has 0 radical (unpaired) electrons. The molecule has 106 valence electrons. The van der Waals surface area contributed by atoms with Crippen molar-refractivity contribution in [1.29, 1.82) is 0 Å². The maximum atomic E-state index is 11.5. The number of sulfone groups is 1. The van der Waals surface area contributed by atoms with Crippen LogP contribution >= 0.6 is 0 Å². The third-order valence-corrected chi connectivity index (χ3v) is 5.37. The maximum Gasteiger partial charge on any atom is 0.339 e. The molecule has 1 unspecified atom stereocenters. The molecule has 0 amide bonds. The molecule has 20 heavy (non-hydrogen) atoms. The van der Waals surface area contributed by atoms with Gasteiger partial charge in [-0.1, -0.05) is 0 Å². The van der Waals surface area contributed by atoms with Gasteiger partial charge < -0.3 is 5.11 Å². The van der Waals surface area contributed by atoms with E-state index in [-0.39, 0.29) is 28.6 Å². The van der Waals surface area contributed by atoms with Gasteiger partial charge >= 0.3 is 5.97 Å². The van der Waals surface area contributed by atoms with Crippen LogP contribution in [0.2, 0.25) is 0 Å². The van der Waals surface area contributed by atoms with Crippen molar-refractivity contribution >= 4 is 21.5 Å². The first kappa shape index (κ1) is 13.0. The first-order valence-electron chi connectivity index (χ1n) is 6.22. The number of hydrogen-bond acceptors (Lipinski definition) is 5. The van der Waals surface area contributed by atoms with Gasteiger partial charge in [0.1, 0.15) is 11.4 Å². The molecule has 0 bridgehead atoms. The number of carboxylic acids is 1. The van der Waals surface area contributed by atoms with Crippen LogP contribution in [0.4, 0.5) is 0 Å².